The summed E-state index contributed by atoms with van der Waals surface area (Å²) in [6, 6.07) is 8.59. The molecule has 1 atom stereocenters. The molecule has 1 unspecified atom stereocenters. The number of nitrogens with one attached hydrogen (secondary N) is 2. The summed E-state index contributed by atoms with van der Waals surface area (Å²) in [5.41, 5.74) is 2.68. The molecule has 1 saturated heterocycles. The van der Waals surface area contributed by atoms with E-state index in [1.54, 1.807) is 7.11 Å². The Bertz CT molecular complexity index is 613. The van der Waals surface area contributed by atoms with Crippen LogP contribution in [0.2, 0.25) is 0 Å². The molecule has 7 heteroatoms. The van der Waals surface area contributed by atoms with Crippen molar-refractivity contribution in [3.05, 3.63) is 35.4 Å². The maximum Gasteiger partial charge on any atom is 0.191 e. The van der Waals surface area contributed by atoms with E-state index >= 15 is 0 Å². The molecule has 0 aromatic heterocycles. The smallest absolute Gasteiger partial charge is 0.191 e. The SMILES string of the molecule is CCNC(=NCc1ccccc1CN1CCOCC1)NCC(OC)C(C)(C)C.I. The van der Waals surface area contributed by atoms with Crippen LogP contribution in [-0.4, -0.2) is 63.5 Å². The van der Waals surface area contributed by atoms with E-state index in [4.69, 9.17) is 14.5 Å². The van der Waals surface area contributed by atoms with Crippen LogP contribution < -0.4 is 10.6 Å². The molecule has 0 saturated carbocycles. The van der Waals surface area contributed by atoms with Crippen LogP contribution in [0.25, 0.3) is 0 Å². The third-order valence-corrected chi connectivity index (χ3v) is 5.07. The van der Waals surface area contributed by atoms with Crippen molar-refractivity contribution < 1.29 is 9.47 Å². The van der Waals surface area contributed by atoms with Crippen molar-refractivity contribution in [2.45, 2.75) is 46.9 Å². The van der Waals surface area contributed by atoms with Crippen molar-refractivity contribution in [1.29, 1.82) is 0 Å². The van der Waals surface area contributed by atoms with Crippen molar-refractivity contribution >= 4 is 29.9 Å². The average Bonchev–Trinajstić information content (AvgIpc) is 2.67. The Morgan fingerprint density at radius 2 is 1.83 bits per heavy atom. The van der Waals surface area contributed by atoms with Crippen LogP contribution in [0.4, 0.5) is 0 Å². The molecular formula is C22H39IN4O2. The van der Waals surface area contributed by atoms with Gasteiger partial charge in [-0.3, -0.25) is 4.90 Å². The number of guanidine groups is 1. The van der Waals surface area contributed by atoms with Crippen LogP contribution in [0.1, 0.15) is 38.8 Å². The van der Waals surface area contributed by atoms with Gasteiger partial charge in [0, 0.05) is 39.8 Å². The highest BCUT2D eigenvalue weighted by Gasteiger charge is 2.24. The van der Waals surface area contributed by atoms with E-state index in [2.05, 4.69) is 67.5 Å². The molecule has 29 heavy (non-hydrogen) atoms. The van der Waals surface area contributed by atoms with Crippen LogP contribution in [-0.2, 0) is 22.6 Å². The van der Waals surface area contributed by atoms with Crippen LogP contribution in [0.5, 0.6) is 0 Å². The zero-order valence-corrected chi connectivity index (χ0v) is 21.0. The van der Waals surface area contributed by atoms with Crippen molar-refractivity contribution in [2.75, 3.05) is 46.5 Å². The van der Waals surface area contributed by atoms with E-state index in [1.165, 1.54) is 11.1 Å². The summed E-state index contributed by atoms with van der Waals surface area (Å²) in [7, 11) is 1.77. The van der Waals surface area contributed by atoms with Gasteiger partial charge in [0.25, 0.3) is 0 Å². The number of hydrogen-bond donors (Lipinski definition) is 2. The van der Waals surface area contributed by atoms with Crippen molar-refractivity contribution in [3.63, 3.8) is 0 Å². The summed E-state index contributed by atoms with van der Waals surface area (Å²) < 4.78 is 11.1. The molecule has 0 aliphatic carbocycles. The molecule has 6 nitrogen and oxygen atoms in total. The lowest BCUT2D eigenvalue weighted by Crippen LogP contribution is -2.45. The summed E-state index contributed by atoms with van der Waals surface area (Å²) in [6.07, 6.45) is 0.116. The molecule has 2 N–H and O–H groups in total. The lowest BCUT2D eigenvalue weighted by molar-refractivity contribution is 0.0205. The standard InChI is InChI=1S/C22H38N4O2.HI/c1-6-23-21(25-16-20(27-5)22(2,3)4)24-15-18-9-7-8-10-19(18)17-26-11-13-28-14-12-26;/h7-10,20H,6,11-17H2,1-5H3,(H2,23,24,25);1H. The first kappa shape index (κ1) is 26.1. The first-order valence-electron chi connectivity index (χ1n) is 10.4. The summed E-state index contributed by atoms with van der Waals surface area (Å²) in [5.74, 6) is 0.829. The molecule has 0 bridgehead atoms. The fraction of sp³-hybridized carbons (Fsp3) is 0.682. The minimum absolute atomic E-state index is 0. The fourth-order valence-corrected chi connectivity index (χ4v) is 3.30. The number of benzene rings is 1. The highest BCUT2D eigenvalue weighted by Crippen LogP contribution is 2.21. The largest absolute Gasteiger partial charge is 0.379 e. The second-order valence-electron chi connectivity index (χ2n) is 8.32. The molecular weight excluding hydrogens is 479 g/mol. The molecule has 2 rings (SSSR count). The topological polar surface area (TPSA) is 58.1 Å². The highest BCUT2D eigenvalue weighted by molar-refractivity contribution is 14.0. The number of rotatable bonds is 8. The summed E-state index contributed by atoms with van der Waals surface area (Å²) in [5, 5.41) is 6.78. The van der Waals surface area contributed by atoms with Gasteiger partial charge in [-0.2, -0.15) is 0 Å². The van der Waals surface area contributed by atoms with Gasteiger partial charge in [0.2, 0.25) is 0 Å². The number of hydrogen-bond acceptors (Lipinski definition) is 4. The van der Waals surface area contributed by atoms with Gasteiger partial charge in [-0.05, 0) is 23.5 Å². The Hall–Kier alpha value is -0.900. The minimum atomic E-state index is 0. The maximum absolute atomic E-state index is 5.65. The van der Waals surface area contributed by atoms with Gasteiger partial charge in [0.1, 0.15) is 0 Å². The Morgan fingerprint density at radius 1 is 1.17 bits per heavy atom. The number of ether oxygens (including phenoxy) is 2. The highest BCUT2D eigenvalue weighted by atomic mass is 127. The molecule has 1 aliphatic heterocycles. The van der Waals surface area contributed by atoms with E-state index in [9.17, 15) is 0 Å². The number of halogens is 1. The van der Waals surface area contributed by atoms with Crippen LogP contribution in [0.3, 0.4) is 0 Å². The van der Waals surface area contributed by atoms with Gasteiger partial charge in [0.15, 0.2) is 5.96 Å². The molecule has 166 valence electrons. The second kappa shape index (κ2) is 13.4. The summed E-state index contributed by atoms with van der Waals surface area (Å²) >= 11 is 0. The van der Waals surface area contributed by atoms with E-state index < -0.39 is 0 Å². The van der Waals surface area contributed by atoms with Gasteiger partial charge in [-0.15, -0.1) is 24.0 Å². The van der Waals surface area contributed by atoms with Gasteiger partial charge in [-0.1, -0.05) is 45.0 Å². The zero-order valence-electron chi connectivity index (χ0n) is 18.7. The van der Waals surface area contributed by atoms with Crippen LogP contribution >= 0.6 is 24.0 Å². The average molecular weight is 518 g/mol. The molecule has 0 radical (unpaired) electrons. The van der Waals surface area contributed by atoms with Crippen molar-refractivity contribution in [3.8, 4) is 0 Å². The van der Waals surface area contributed by atoms with Gasteiger partial charge in [0.05, 0.1) is 25.9 Å². The Labute approximate surface area is 193 Å². The maximum atomic E-state index is 5.65. The first-order valence-corrected chi connectivity index (χ1v) is 10.4. The van der Waals surface area contributed by atoms with Crippen molar-refractivity contribution in [2.24, 2.45) is 10.4 Å². The number of methoxy groups -OCH3 is 1. The third kappa shape index (κ3) is 9.19. The molecule has 1 heterocycles. The molecule has 0 spiro atoms. The summed E-state index contributed by atoms with van der Waals surface area (Å²) in [6.45, 7) is 15.4. The Morgan fingerprint density at radius 3 is 2.41 bits per heavy atom. The first-order chi connectivity index (χ1) is 13.4. The lowest BCUT2D eigenvalue weighted by Gasteiger charge is -2.30. The van der Waals surface area contributed by atoms with Gasteiger partial charge < -0.3 is 20.1 Å². The molecule has 1 fully saturated rings. The predicted octanol–water partition coefficient (Wildman–Crippen LogP) is 3.25. The second-order valence-corrected chi connectivity index (χ2v) is 8.32. The van der Waals surface area contributed by atoms with E-state index in [-0.39, 0.29) is 35.5 Å². The third-order valence-electron chi connectivity index (χ3n) is 5.07. The quantitative estimate of drug-likeness (QED) is 0.315. The zero-order chi connectivity index (χ0) is 20.4. The Balaban J connectivity index is 0.00000420. The van der Waals surface area contributed by atoms with Gasteiger partial charge >= 0.3 is 0 Å². The molecule has 1 aromatic carbocycles. The van der Waals surface area contributed by atoms with Crippen LogP contribution in [0.15, 0.2) is 29.3 Å². The number of aliphatic imine (C=N–C) groups is 1. The monoisotopic (exact) mass is 518 g/mol. The van der Waals surface area contributed by atoms with Crippen LogP contribution in [0, 0.1) is 5.41 Å². The van der Waals surface area contributed by atoms with Gasteiger partial charge in [-0.25, -0.2) is 4.99 Å². The van der Waals surface area contributed by atoms with E-state index in [0.29, 0.717) is 6.54 Å². The fourth-order valence-electron chi connectivity index (χ4n) is 3.30. The molecule has 1 aliphatic rings. The minimum Gasteiger partial charge on any atom is -0.379 e. The Kier molecular flexibility index (Phi) is 12.1. The van der Waals surface area contributed by atoms with E-state index in [1.807, 2.05) is 0 Å². The van der Waals surface area contributed by atoms with Crippen molar-refractivity contribution in [1.82, 2.24) is 15.5 Å². The normalized spacial score (nSPS) is 16.8. The number of nitrogens with zero attached hydrogens (tertiary/aromatic N) is 2. The summed E-state index contributed by atoms with van der Waals surface area (Å²) in [4.78, 5) is 7.27. The number of morpholine rings is 1. The molecule has 1 aromatic rings. The lowest BCUT2D eigenvalue weighted by atomic mass is 9.89. The molecule has 0 amide bonds. The predicted molar refractivity (Wildman–Crippen MR) is 131 cm³/mol. The van der Waals surface area contributed by atoms with E-state index in [0.717, 1.165) is 51.9 Å².